The molecule has 2 amide bonds. The number of benzene rings is 2. The highest BCUT2D eigenvalue weighted by Crippen LogP contribution is 2.34. The summed E-state index contributed by atoms with van der Waals surface area (Å²) in [4.78, 5) is 24.5. The molecule has 0 unspecified atom stereocenters. The number of anilines is 1. The van der Waals surface area contributed by atoms with Crippen molar-refractivity contribution in [2.24, 2.45) is 0 Å². The van der Waals surface area contributed by atoms with Gasteiger partial charge in [-0.2, -0.15) is 0 Å². The minimum Gasteiger partial charge on any atom is -0.334 e. The molecule has 6 heteroatoms. The van der Waals surface area contributed by atoms with Crippen molar-refractivity contribution in [2.45, 2.75) is 88.8 Å². The Balaban J connectivity index is 1.45. The number of carbonyl (C=O) groups is 2. The zero-order valence-corrected chi connectivity index (χ0v) is 20.0. The van der Waals surface area contributed by atoms with Crippen molar-refractivity contribution in [3.8, 4) is 0 Å². The molecule has 2 aliphatic rings. The van der Waals surface area contributed by atoms with Gasteiger partial charge in [0.1, 0.15) is 5.82 Å². The molecule has 2 saturated carbocycles. The normalized spacial score (nSPS) is 22.1. The van der Waals surface area contributed by atoms with Crippen molar-refractivity contribution in [3.63, 3.8) is 0 Å². The number of urea groups is 1. The van der Waals surface area contributed by atoms with Crippen LogP contribution in [0, 0.1) is 5.82 Å². The Bertz CT molecular complexity index is 1000. The Labute approximate surface area is 201 Å². The molecule has 182 valence electrons. The molecule has 5 nitrogen and oxygen atoms in total. The third-order valence-corrected chi connectivity index (χ3v) is 7.40. The molecule has 0 aromatic heterocycles. The van der Waals surface area contributed by atoms with E-state index in [9.17, 15) is 14.0 Å². The number of Topliss-reactive ketones (excluding diaryl/α,β-unsaturated/α-hetero) is 1. The molecular weight excluding hydrogens is 429 g/mol. The molecular formula is C28H36FN3O2. The fourth-order valence-corrected chi connectivity index (χ4v) is 5.63. The summed E-state index contributed by atoms with van der Waals surface area (Å²) in [7, 11) is 0. The van der Waals surface area contributed by atoms with Gasteiger partial charge in [-0.05, 0) is 62.8 Å². The predicted molar refractivity (Wildman–Crippen MR) is 134 cm³/mol. The van der Waals surface area contributed by atoms with Gasteiger partial charge in [-0.1, -0.05) is 62.4 Å². The lowest BCUT2D eigenvalue weighted by atomic mass is 9.75. The monoisotopic (exact) mass is 465 g/mol. The van der Waals surface area contributed by atoms with Gasteiger partial charge >= 0.3 is 6.03 Å². The molecule has 0 spiro atoms. The number of amides is 2. The van der Waals surface area contributed by atoms with Crippen molar-refractivity contribution in [3.05, 3.63) is 65.5 Å². The summed E-state index contributed by atoms with van der Waals surface area (Å²) in [5.74, 6) is -0.173. The molecule has 2 fully saturated rings. The molecule has 2 aromatic rings. The van der Waals surface area contributed by atoms with Crippen LogP contribution in [-0.2, 0) is 6.42 Å². The molecule has 0 bridgehead atoms. The van der Waals surface area contributed by atoms with Crippen LogP contribution in [-0.4, -0.2) is 29.4 Å². The zero-order chi connectivity index (χ0) is 24.0. The van der Waals surface area contributed by atoms with Crippen molar-refractivity contribution in [1.82, 2.24) is 10.6 Å². The Hall–Kier alpha value is -2.73. The number of rotatable bonds is 7. The third-order valence-electron chi connectivity index (χ3n) is 7.40. The molecule has 3 N–H and O–H groups in total. The molecule has 0 aliphatic heterocycles. The van der Waals surface area contributed by atoms with Gasteiger partial charge in [0.2, 0.25) is 0 Å². The minimum atomic E-state index is -0.258. The molecule has 0 radical (unpaired) electrons. The molecule has 4 rings (SSSR count). The maximum Gasteiger partial charge on any atom is 0.319 e. The second kappa shape index (κ2) is 11.1. The Morgan fingerprint density at radius 2 is 1.68 bits per heavy atom. The molecule has 2 aliphatic carbocycles. The van der Waals surface area contributed by atoms with E-state index in [4.69, 9.17) is 0 Å². The topological polar surface area (TPSA) is 70.2 Å². The number of halogens is 1. The average molecular weight is 466 g/mol. The number of nitrogens with one attached hydrogen (secondary N) is 3. The maximum atomic E-state index is 14.5. The van der Waals surface area contributed by atoms with Gasteiger partial charge in [0.25, 0.3) is 0 Å². The highest BCUT2D eigenvalue weighted by atomic mass is 19.1. The van der Waals surface area contributed by atoms with Crippen LogP contribution < -0.4 is 16.0 Å². The van der Waals surface area contributed by atoms with Gasteiger partial charge in [0.15, 0.2) is 5.78 Å². The van der Waals surface area contributed by atoms with E-state index < -0.39 is 0 Å². The number of hydrogen-bond donors (Lipinski definition) is 3. The van der Waals surface area contributed by atoms with E-state index in [0.717, 1.165) is 56.9 Å². The fraction of sp³-hybridized carbons (Fsp3) is 0.500. The SMILES string of the molecule is CC(=O)c1cccc(NC(=O)N[C@@H]2CCCC[C@H]2NC2(Cc3ccccc3F)CCCCC2)c1. The third kappa shape index (κ3) is 6.23. The number of ketones is 1. The Morgan fingerprint density at radius 3 is 2.41 bits per heavy atom. The van der Waals surface area contributed by atoms with E-state index in [-0.39, 0.29) is 35.3 Å². The van der Waals surface area contributed by atoms with Crippen LogP contribution in [0.25, 0.3) is 0 Å². The second-order valence-electron chi connectivity index (χ2n) is 9.99. The van der Waals surface area contributed by atoms with Gasteiger partial charge in [0.05, 0.1) is 0 Å². The Kier molecular flexibility index (Phi) is 7.99. The van der Waals surface area contributed by atoms with E-state index in [2.05, 4.69) is 16.0 Å². The van der Waals surface area contributed by atoms with E-state index in [1.54, 1.807) is 36.4 Å². The van der Waals surface area contributed by atoms with Crippen molar-refractivity contribution < 1.29 is 14.0 Å². The average Bonchev–Trinajstić information content (AvgIpc) is 2.82. The van der Waals surface area contributed by atoms with Crippen LogP contribution in [0.2, 0.25) is 0 Å². The van der Waals surface area contributed by atoms with Crippen LogP contribution in [0.4, 0.5) is 14.9 Å². The number of carbonyl (C=O) groups excluding carboxylic acids is 2. The largest absolute Gasteiger partial charge is 0.334 e. The van der Waals surface area contributed by atoms with Crippen molar-refractivity contribution in [2.75, 3.05) is 5.32 Å². The lowest BCUT2D eigenvalue weighted by Gasteiger charge is -2.45. The van der Waals surface area contributed by atoms with Gasteiger partial charge in [-0.15, -0.1) is 0 Å². The molecule has 2 atom stereocenters. The lowest BCUT2D eigenvalue weighted by molar-refractivity contribution is 0.101. The highest BCUT2D eigenvalue weighted by Gasteiger charge is 2.38. The van der Waals surface area contributed by atoms with Gasteiger partial charge in [0, 0.05) is 28.9 Å². The van der Waals surface area contributed by atoms with Crippen LogP contribution in [0.1, 0.15) is 80.6 Å². The molecule has 2 aromatic carbocycles. The lowest BCUT2D eigenvalue weighted by Crippen LogP contribution is -2.61. The quantitative estimate of drug-likeness (QED) is 0.440. The van der Waals surface area contributed by atoms with Gasteiger partial charge < -0.3 is 16.0 Å². The summed E-state index contributed by atoms with van der Waals surface area (Å²) in [5, 5.41) is 10.00. The molecule has 34 heavy (non-hydrogen) atoms. The van der Waals surface area contributed by atoms with E-state index in [1.165, 1.54) is 13.3 Å². The summed E-state index contributed by atoms with van der Waals surface area (Å²) in [6, 6.07) is 14.0. The summed E-state index contributed by atoms with van der Waals surface area (Å²) in [6.45, 7) is 1.51. The first-order valence-electron chi connectivity index (χ1n) is 12.6. The van der Waals surface area contributed by atoms with E-state index >= 15 is 0 Å². The minimum absolute atomic E-state index is 0.00385. The standard InChI is InChI=1S/C28H36FN3O2/c1-20(33)21-11-9-12-23(18-21)30-27(34)31-25-14-5-6-15-26(25)32-28(16-7-2-8-17-28)19-22-10-3-4-13-24(22)29/h3-4,9-13,18,25-26,32H,2,5-8,14-17,19H2,1H3,(H2,30,31,34)/t25-,26-/m1/s1. The van der Waals surface area contributed by atoms with Crippen LogP contribution in [0.3, 0.4) is 0 Å². The summed E-state index contributed by atoms with van der Waals surface area (Å²) in [5.41, 5.74) is 1.80. The van der Waals surface area contributed by atoms with Gasteiger partial charge in [-0.3, -0.25) is 4.79 Å². The summed E-state index contributed by atoms with van der Waals surface area (Å²) >= 11 is 0. The fourth-order valence-electron chi connectivity index (χ4n) is 5.63. The molecule has 0 saturated heterocycles. The predicted octanol–water partition coefficient (Wildman–Crippen LogP) is 6.00. The van der Waals surface area contributed by atoms with Crippen molar-refractivity contribution in [1.29, 1.82) is 0 Å². The van der Waals surface area contributed by atoms with Crippen LogP contribution in [0.5, 0.6) is 0 Å². The first kappa shape index (κ1) is 24.4. The maximum absolute atomic E-state index is 14.5. The van der Waals surface area contributed by atoms with E-state index in [1.807, 2.05) is 12.1 Å². The van der Waals surface area contributed by atoms with Crippen LogP contribution >= 0.6 is 0 Å². The first-order valence-corrected chi connectivity index (χ1v) is 12.6. The summed E-state index contributed by atoms with van der Waals surface area (Å²) < 4.78 is 14.5. The first-order chi connectivity index (χ1) is 16.4. The van der Waals surface area contributed by atoms with Gasteiger partial charge in [-0.25, -0.2) is 9.18 Å². The highest BCUT2D eigenvalue weighted by molar-refractivity contribution is 5.96. The second-order valence-corrected chi connectivity index (χ2v) is 9.99. The zero-order valence-electron chi connectivity index (χ0n) is 20.0. The van der Waals surface area contributed by atoms with Crippen molar-refractivity contribution >= 4 is 17.5 Å². The van der Waals surface area contributed by atoms with Crippen LogP contribution in [0.15, 0.2) is 48.5 Å². The summed E-state index contributed by atoms with van der Waals surface area (Å²) in [6.07, 6.45) is 10.3. The smallest absolute Gasteiger partial charge is 0.319 e. The molecule has 0 heterocycles. The Morgan fingerprint density at radius 1 is 0.941 bits per heavy atom. The number of hydrogen-bond acceptors (Lipinski definition) is 3. The van der Waals surface area contributed by atoms with E-state index in [0.29, 0.717) is 17.7 Å².